The number of rotatable bonds is 6. The topological polar surface area (TPSA) is 81.4 Å². The van der Waals surface area contributed by atoms with Crippen molar-refractivity contribution in [2.45, 2.75) is 24.3 Å². The van der Waals surface area contributed by atoms with Crippen molar-refractivity contribution in [2.75, 3.05) is 19.8 Å². The van der Waals surface area contributed by atoms with Crippen LogP contribution in [0.25, 0.3) is 0 Å². The van der Waals surface area contributed by atoms with E-state index in [0.717, 1.165) is 19.1 Å². The van der Waals surface area contributed by atoms with Gasteiger partial charge in [-0.2, -0.15) is 0 Å². The van der Waals surface area contributed by atoms with Gasteiger partial charge >= 0.3 is 0 Å². The van der Waals surface area contributed by atoms with Crippen molar-refractivity contribution in [3.8, 4) is 0 Å². The van der Waals surface area contributed by atoms with Gasteiger partial charge in [-0.05, 0) is 36.5 Å². The highest BCUT2D eigenvalue weighted by atomic mass is 32.2. The lowest BCUT2D eigenvalue weighted by Crippen LogP contribution is -2.27. The molecular formula is C13H19FN2O3S. The summed E-state index contributed by atoms with van der Waals surface area (Å²) >= 11 is 0. The van der Waals surface area contributed by atoms with E-state index >= 15 is 0 Å². The van der Waals surface area contributed by atoms with E-state index in [9.17, 15) is 12.8 Å². The van der Waals surface area contributed by atoms with Gasteiger partial charge in [0.05, 0.1) is 0 Å². The summed E-state index contributed by atoms with van der Waals surface area (Å²) in [5, 5.41) is 0. The molecule has 0 radical (unpaired) electrons. The van der Waals surface area contributed by atoms with Gasteiger partial charge in [-0.1, -0.05) is 6.07 Å². The van der Waals surface area contributed by atoms with Gasteiger partial charge in [0.1, 0.15) is 10.7 Å². The molecule has 1 aromatic carbocycles. The highest BCUT2D eigenvalue weighted by Gasteiger charge is 2.20. The van der Waals surface area contributed by atoms with E-state index in [0.29, 0.717) is 24.5 Å². The van der Waals surface area contributed by atoms with Crippen LogP contribution in [0.2, 0.25) is 0 Å². The summed E-state index contributed by atoms with van der Waals surface area (Å²) < 4.78 is 45.4. The smallest absolute Gasteiger partial charge is 0.243 e. The van der Waals surface area contributed by atoms with Crippen molar-refractivity contribution >= 4 is 10.0 Å². The van der Waals surface area contributed by atoms with Gasteiger partial charge in [0.2, 0.25) is 10.0 Å². The minimum absolute atomic E-state index is 0.173. The van der Waals surface area contributed by atoms with Crippen LogP contribution < -0.4 is 10.5 Å². The molecule has 2 rings (SSSR count). The molecule has 0 saturated carbocycles. The first-order valence-corrected chi connectivity index (χ1v) is 8.07. The predicted molar refractivity (Wildman–Crippen MR) is 73.0 cm³/mol. The van der Waals surface area contributed by atoms with Crippen molar-refractivity contribution in [1.82, 2.24) is 4.72 Å². The Morgan fingerprint density at radius 1 is 1.45 bits per heavy atom. The van der Waals surface area contributed by atoms with Gasteiger partial charge in [-0.15, -0.1) is 0 Å². The summed E-state index contributed by atoms with van der Waals surface area (Å²) in [6, 6.07) is 3.92. The predicted octanol–water partition coefficient (Wildman–Crippen LogP) is 0.989. The number of sulfonamides is 1. The van der Waals surface area contributed by atoms with E-state index in [2.05, 4.69) is 4.72 Å². The van der Waals surface area contributed by atoms with E-state index in [1.54, 1.807) is 0 Å². The second-order valence-electron chi connectivity index (χ2n) is 4.88. The first kappa shape index (κ1) is 15.4. The van der Waals surface area contributed by atoms with Crippen LogP contribution in [0.3, 0.4) is 0 Å². The number of nitrogens with two attached hydrogens (primary N) is 1. The molecule has 1 aliphatic rings. The molecule has 1 aromatic rings. The third-order valence-corrected chi connectivity index (χ3v) is 4.88. The van der Waals surface area contributed by atoms with Crippen LogP contribution in [0.15, 0.2) is 23.1 Å². The largest absolute Gasteiger partial charge is 0.381 e. The van der Waals surface area contributed by atoms with Crippen molar-refractivity contribution in [3.05, 3.63) is 29.6 Å². The fraction of sp³-hybridized carbons (Fsp3) is 0.538. The normalized spacial score (nSPS) is 19.4. The average molecular weight is 302 g/mol. The second-order valence-corrected chi connectivity index (χ2v) is 6.62. The Kier molecular flexibility index (Phi) is 5.09. The molecule has 1 aliphatic heterocycles. The van der Waals surface area contributed by atoms with Gasteiger partial charge in [-0.3, -0.25) is 0 Å². The lowest BCUT2D eigenvalue weighted by atomic mass is 10.1. The number of hydrogen-bond acceptors (Lipinski definition) is 4. The van der Waals surface area contributed by atoms with Gasteiger partial charge < -0.3 is 10.5 Å². The van der Waals surface area contributed by atoms with Crippen LogP contribution in [0.5, 0.6) is 0 Å². The summed E-state index contributed by atoms with van der Waals surface area (Å²) in [6.07, 6.45) is 1.64. The molecule has 0 spiro atoms. The Labute approximate surface area is 118 Å². The number of nitrogens with one attached hydrogen (secondary N) is 1. The fourth-order valence-corrected chi connectivity index (χ4v) is 3.28. The number of halogens is 1. The van der Waals surface area contributed by atoms with E-state index in [-0.39, 0.29) is 18.0 Å². The van der Waals surface area contributed by atoms with Crippen LogP contribution >= 0.6 is 0 Å². The third-order valence-electron chi connectivity index (χ3n) is 3.39. The first-order valence-electron chi connectivity index (χ1n) is 6.59. The Hall–Kier alpha value is -1.02. The minimum atomic E-state index is -3.81. The molecule has 112 valence electrons. The molecule has 7 heteroatoms. The number of ether oxygens (including phenoxy) is 1. The quantitative estimate of drug-likeness (QED) is 0.821. The molecular weight excluding hydrogens is 283 g/mol. The van der Waals surface area contributed by atoms with Gasteiger partial charge in [-0.25, -0.2) is 17.5 Å². The van der Waals surface area contributed by atoms with E-state index in [1.807, 2.05) is 0 Å². The van der Waals surface area contributed by atoms with Crippen LogP contribution in [0.1, 0.15) is 18.4 Å². The van der Waals surface area contributed by atoms with Crippen molar-refractivity contribution in [2.24, 2.45) is 11.7 Å². The van der Waals surface area contributed by atoms with Crippen molar-refractivity contribution < 1.29 is 17.5 Å². The lowest BCUT2D eigenvalue weighted by molar-refractivity contribution is 0.184. The molecule has 1 heterocycles. The zero-order valence-electron chi connectivity index (χ0n) is 11.1. The van der Waals surface area contributed by atoms with Crippen LogP contribution in [0, 0.1) is 11.7 Å². The van der Waals surface area contributed by atoms with Crippen LogP contribution in [-0.4, -0.2) is 28.2 Å². The number of benzene rings is 1. The Morgan fingerprint density at radius 3 is 2.85 bits per heavy atom. The molecule has 1 unspecified atom stereocenters. The Balaban J connectivity index is 1.98. The van der Waals surface area contributed by atoms with Gasteiger partial charge in [0.25, 0.3) is 0 Å². The molecule has 0 aromatic heterocycles. The Bertz CT molecular complexity index is 557. The van der Waals surface area contributed by atoms with E-state index in [4.69, 9.17) is 10.5 Å². The highest BCUT2D eigenvalue weighted by molar-refractivity contribution is 7.89. The molecule has 0 amide bonds. The van der Waals surface area contributed by atoms with E-state index in [1.165, 1.54) is 12.1 Å². The molecule has 1 fully saturated rings. The number of hydrogen-bond donors (Lipinski definition) is 2. The van der Waals surface area contributed by atoms with Gasteiger partial charge in [0.15, 0.2) is 0 Å². The lowest BCUT2D eigenvalue weighted by Gasteiger charge is -2.10. The summed E-state index contributed by atoms with van der Waals surface area (Å²) in [7, 11) is -3.81. The molecule has 0 bridgehead atoms. The maximum atomic E-state index is 13.8. The average Bonchev–Trinajstić information content (AvgIpc) is 2.91. The molecule has 5 nitrogen and oxygen atoms in total. The summed E-state index contributed by atoms with van der Waals surface area (Å²) in [5.74, 6) is -0.396. The zero-order valence-corrected chi connectivity index (χ0v) is 12.0. The molecule has 3 N–H and O–H groups in total. The minimum Gasteiger partial charge on any atom is -0.381 e. The Morgan fingerprint density at radius 2 is 2.25 bits per heavy atom. The summed E-state index contributed by atoms with van der Waals surface area (Å²) in [5.41, 5.74) is 5.94. The second kappa shape index (κ2) is 6.62. The maximum absolute atomic E-state index is 13.8. The zero-order chi connectivity index (χ0) is 14.6. The van der Waals surface area contributed by atoms with Crippen LogP contribution in [0.4, 0.5) is 4.39 Å². The standard InChI is InChI=1S/C13H19FN2O3S/c14-12-7-11(8-15)1-2-13(12)20(17,18)16-5-3-10-4-6-19-9-10/h1-2,7,10,16H,3-6,8-9,15H2. The SMILES string of the molecule is NCc1ccc(S(=O)(=O)NCCC2CCOC2)c(F)c1. The van der Waals surface area contributed by atoms with Crippen molar-refractivity contribution in [1.29, 1.82) is 0 Å². The highest BCUT2D eigenvalue weighted by Crippen LogP contribution is 2.18. The first-order chi connectivity index (χ1) is 9.53. The van der Waals surface area contributed by atoms with Crippen LogP contribution in [-0.2, 0) is 21.3 Å². The molecule has 0 aliphatic carbocycles. The third kappa shape index (κ3) is 3.76. The molecule has 20 heavy (non-hydrogen) atoms. The molecule has 1 atom stereocenters. The maximum Gasteiger partial charge on any atom is 0.243 e. The van der Waals surface area contributed by atoms with Crippen molar-refractivity contribution in [3.63, 3.8) is 0 Å². The van der Waals surface area contributed by atoms with Gasteiger partial charge in [0, 0.05) is 26.3 Å². The fourth-order valence-electron chi connectivity index (χ4n) is 2.18. The summed E-state index contributed by atoms with van der Waals surface area (Å²) in [4.78, 5) is -0.336. The van der Waals surface area contributed by atoms with E-state index < -0.39 is 15.8 Å². The molecule has 1 saturated heterocycles. The monoisotopic (exact) mass is 302 g/mol. The summed E-state index contributed by atoms with van der Waals surface area (Å²) in [6.45, 7) is 1.86.